The molecule has 0 aliphatic rings. The topological polar surface area (TPSA) is 33.1 Å². The van der Waals surface area contributed by atoms with Crippen molar-refractivity contribution >= 4 is 22.9 Å². The van der Waals surface area contributed by atoms with Crippen LogP contribution in [0.25, 0.3) is 0 Å². The van der Waals surface area contributed by atoms with Crippen molar-refractivity contribution in [2.75, 3.05) is 0 Å². The number of halogens is 4. The van der Waals surface area contributed by atoms with Crippen molar-refractivity contribution < 1.29 is 18.3 Å². The minimum absolute atomic E-state index is 0.163. The van der Waals surface area contributed by atoms with E-state index >= 15 is 0 Å². The second kappa shape index (κ2) is 5.11. The molecule has 102 valence electrons. The summed E-state index contributed by atoms with van der Waals surface area (Å²) in [6, 6.07) is 5.48. The molecule has 0 saturated heterocycles. The van der Waals surface area contributed by atoms with Crippen LogP contribution in [0.15, 0.2) is 24.3 Å². The van der Waals surface area contributed by atoms with E-state index in [1.807, 2.05) is 13.0 Å². The van der Waals surface area contributed by atoms with Crippen molar-refractivity contribution in [1.82, 2.24) is 4.98 Å². The molecule has 2 rings (SSSR count). The number of pyridine rings is 1. The molecule has 0 bridgehead atoms. The zero-order chi connectivity index (χ0) is 14.2. The number of rotatable bonds is 2. The summed E-state index contributed by atoms with van der Waals surface area (Å²) in [6.45, 7) is 1.87. The van der Waals surface area contributed by atoms with Gasteiger partial charge in [-0.15, -0.1) is 11.3 Å². The van der Waals surface area contributed by atoms with Crippen LogP contribution < -0.4 is 0 Å². The molecule has 0 spiro atoms. The summed E-state index contributed by atoms with van der Waals surface area (Å²) in [4.78, 5) is 4.89. The van der Waals surface area contributed by atoms with E-state index in [4.69, 9.17) is 11.6 Å². The fraction of sp³-hybridized carbons (Fsp3) is 0.250. The Morgan fingerprint density at radius 3 is 2.42 bits per heavy atom. The zero-order valence-electron chi connectivity index (χ0n) is 9.70. The number of aromatic nitrogens is 1. The van der Waals surface area contributed by atoms with Crippen LogP contribution in [0.1, 0.15) is 27.1 Å². The highest BCUT2D eigenvalue weighted by molar-refractivity contribution is 7.12. The van der Waals surface area contributed by atoms with E-state index in [-0.39, 0.29) is 10.7 Å². The molecule has 2 heterocycles. The molecule has 0 fully saturated rings. The number of nitrogens with zero attached hydrogens (tertiary/aromatic N) is 1. The van der Waals surface area contributed by atoms with E-state index in [2.05, 4.69) is 4.98 Å². The molecule has 0 saturated carbocycles. The normalized spacial score (nSPS) is 13.6. The molecular weight excluding hydrogens is 299 g/mol. The number of thiophene rings is 1. The summed E-state index contributed by atoms with van der Waals surface area (Å²) in [5.41, 5.74) is -0.910. The van der Waals surface area contributed by atoms with Gasteiger partial charge in [0.1, 0.15) is 17.0 Å². The van der Waals surface area contributed by atoms with E-state index in [1.165, 1.54) is 11.3 Å². The van der Waals surface area contributed by atoms with Crippen LogP contribution in [0.4, 0.5) is 13.2 Å². The summed E-state index contributed by atoms with van der Waals surface area (Å²) in [7, 11) is 0. The lowest BCUT2D eigenvalue weighted by Crippen LogP contribution is -2.09. The van der Waals surface area contributed by atoms with Crippen LogP contribution >= 0.6 is 22.9 Å². The predicted molar refractivity (Wildman–Crippen MR) is 67.4 cm³/mol. The fourth-order valence-corrected chi connectivity index (χ4v) is 2.70. The first kappa shape index (κ1) is 14.3. The average Bonchev–Trinajstić information content (AvgIpc) is 2.73. The van der Waals surface area contributed by atoms with Crippen molar-refractivity contribution in [1.29, 1.82) is 0 Å². The molecule has 7 heteroatoms. The second-order valence-corrected chi connectivity index (χ2v) is 5.60. The van der Waals surface area contributed by atoms with E-state index in [9.17, 15) is 18.3 Å². The Bertz CT molecular complexity index is 597. The third-order valence-electron chi connectivity index (χ3n) is 2.49. The Balaban J connectivity index is 2.36. The number of hydrogen-bond acceptors (Lipinski definition) is 3. The molecule has 0 aromatic carbocycles. The van der Waals surface area contributed by atoms with Gasteiger partial charge in [0.25, 0.3) is 0 Å². The molecule has 0 amide bonds. The Kier molecular flexibility index (Phi) is 3.85. The van der Waals surface area contributed by atoms with Gasteiger partial charge in [-0.25, -0.2) is 4.98 Å². The van der Waals surface area contributed by atoms with Gasteiger partial charge in [-0.1, -0.05) is 17.7 Å². The molecule has 1 unspecified atom stereocenters. The monoisotopic (exact) mass is 307 g/mol. The van der Waals surface area contributed by atoms with Crippen molar-refractivity contribution in [3.05, 3.63) is 50.4 Å². The largest absolute Gasteiger partial charge is 0.433 e. The van der Waals surface area contributed by atoms with Gasteiger partial charge in [0.2, 0.25) is 0 Å². The van der Waals surface area contributed by atoms with E-state index < -0.39 is 18.0 Å². The maximum absolute atomic E-state index is 12.4. The molecule has 1 N–H and O–H groups in total. The maximum Gasteiger partial charge on any atom is 0.433 e. The third-order valence-corrected chi connectivity index (χ3v) is 3.85. The van der Waals surface area contributed by atoms with Crippen LogP contribution in [0.3, 0.4) is 0 Å². The summed E-state index contributed by atoms with van der Waals surface area (Å²) in [6.07, 6.45) is -5.62. The second-order valence-electron chi connectivity index (χ2n) is 3.93. The summed E-state index contributed by atoms with van der Waals surface area (Å²) < 4.78 is 37.3. The molecule has 0 radical (unpaired) electrons. The Hall–Kier alpha value is -1.11. The highest BCUT2D eigenvalue weighted by Gasteiger charge is 2.33. The molecule has 0 aliphatic heterocycles. The minimum atomic E-state index is -4.55. The molecule has 19 heavy (non-hydrogen) atoms. The lowest BCUT2D eigenvalue weighted by molar-refractivity contribution is -0.141. The predicted octanol–water partition coefficient (Wildman–Crippen LogP) is 4.21. The van der Waals surface area contributed by atoms with E-state index in [0.29, 0.717) is 4.88 Å². The first-order chi connectivity index (χ1) is 8.79. The van der Waals surface area contributed by atoms with Crippen molar-refractivity contribution in [2.24, 2.45) is 0 Å². The molecular formula is C12H9ClF3NOS. The average molecular weight is 308 g/mol. The number of hydrogen-bond donors (Lipinski definition) is 1. The highest BCUT2D eigenvalue weighted by atomic mass is 35.5. The van der Waals surface area contributed by atoms with Crippen molar-refractivity contribution in [2.45, 2.75) is 19.2 Å². The van der Waals surface area contributed by atoms with Crippen LogP contribution in [-0.4, -0.2) is 10.1 Å². The number of aliphatic hydroxyl groups is 1. The van der Waals surface area contributed by atoms with Gasteiger partial charge in [0.05, 0.1) is 0 Å². The third kappa shape index (κ3) is 3.08. The summed E-state index contributed by atoms with van der Waals surface area (Å²) >= 11 is 7.07. The van der Waals surface area contributed by atoms with Crippen LogP contribution in [0.2, 0.25) is 5.15 Å². The van der Waals surface area contributed by atoms with E-state index in [1.54, 1.807) is 6.07 Å². The zero-order valence-corrected chi connectivity index (χ0v) is 11.3. The minimum Gasteiger partial charge on any atom is -0.383 e. The van der Waals surface area contributed by atoms with Gasteiger partial charge in [-0.2, -0.15) is 13.2 Å². The smallest absolute Gasteiger partial charge is 0.383 e. The van der Waals surface area contributed by atoms with Gasteiger partial charge in [0.15, 0.2) is 0 Å². The first-order valence-electron chi connectivity index (χ1n) is 5.27. The molecule has 1 atom stereocenters. The number of alkyl halides is 3. The Morgan fingerprint density at radius 1 is 1.26 bits per heavy atom. The molecule has 2 nitrogen and oxygen atoms in total. The number of aryl methyl sites for hydroxylation is 1. The molecule has 0 aliphatic carbocycles. The Labute approximate surface area is 116 Å². The van der Waals surface area contributed by atoms with Crippen LogP contribution in [0.5, 0.6) is 0 Å². The van der Waals surface area contributed by atoms with Crippen molar-refractivity contribution in [3.8, 4) is 0 Å². The maximum atomic E-state index is 12.4. The first-order valence-corrected chi connectivity index (χ1v) is 6.46. The quantitative estimate of drug-likeness (QED) is 0.843. The van der Waals surface area contributed by atoms with E-state index in [0.717, 1.165) is 17.0 Å². The van der Waals surface area contributed by atoms with Gasteiger partial charge < -0.3 is 5.11 Å². The molecule has 2 aromatic heterocycles. The fourth-order valence-electron chi connectivity index (χ4n) is 1.56. The van der Waals surface area contributed by atoms with Gasteiger partial charge in [-0.05, 0) is 25.1 Å². The van der Waals surface area contributed by atoms with Gasteiger partial charge in [0, 0.05) is 15.3 Å². The lowest BCUT2D eigenvalue weighted by Gasteiger charge is -2.12. The van der Waals surface area contributed by atoms with Crippen molar-refractivity contribution in [3.63, 3.8) is 0 Å². The summed E-state index contributed by atoms with van der Waals surface area (Å²) in [5, 5.41) is 9.74. The van der Waals surface area contributed by atoms with Gasteiger partial charge in [-0.3, -0.25) is 0 Å². The lowest BCUT2D eigenvalue weighted by atomic mass is 10.1. The molecule has 2 aromatic rings. The van der Waals surface area contributed by atoms with Gasteiger partial charge >= 0.3 is 6.18 Å². The van der Waals surface area contributed by atoms with Crippen LogP contribution in [0, 0.1) is 6.92 Å². The highest BCUT2D eigenvalue weighted by Crippen LogP contribution is 2.34. The summed E-state index contributed by atoms with van der Waals surface area (Å²) in [5.74, 6) is 0. The standard InChI is InChI=1S/C12H9ClF3NOS/c1-6-2-4-8(19-6)10(18)7-3-5-9(12(14,15)16)17-11(7)13/h2-5,10,18H,1H3. The SMILES string of the molecule is Cc1ccc(C(O)c2ccc(C(F)(F)F)nc2Cl)s1. The van der Waals surface area contributed by atoms with Crippen LogP contribution in [-0.2, 0) is 6.18 Å². The number of aliphatic hydroxyl groups excluding tert-OH is 1. The Morgan fingerprint density at radius 2 is 1.95 bits per heavy atom.